The Morgan fingerprint density at radius 2 is 1.95 bits per heavy atom. The van der Waals surface area contributed by atoms with Crippen molar-refractivity contribution in [3.63, 3.8) is 0 Å². The van der Waals surface area contributed by atoms with Crippen molar-refractivity contribution >= 4 is 0 Å². The van der Waals surface area contributed by atoms with Crippen LogP contribution in [0.1, 0.15) is 17.1 Å². The second kappa shape index (κ2) is 7.12. The lowest BCUT2D eigenvalue weighted by molar-refractivity contribution is 0.282. The molecule has 0 unspecified atom stereocenters. The molecule has 1 N–H and O–H groups in total. The molecule has 4 nitrogen and oxygen atoms in total. The third-order valence-electron chi connectivity index (χ3n) is 3.08. The lowest BCUT2D eigenvalue weighted by Crippen LogP contribution is -2.16. The SMILES string of the molecule is CNCc1ccc(CN(C)Cc2cccc(OC)c2)o1. The van der Waals surface area contributed by atoms with Gasteiger partial charge < -0.3 is 14.5 Å². The molecule has 0 spiro atoms. The van der Waals surface area contributed by atoms with Crippen molar-refractivity contribution in [3.8, 4) is 5.75 Å². The zero-order chi connectivity index (χ0) is 14.4. The Morgan fingerprint density at radius 3 is 2.70 bits per heavy atom. The standard InChI is InChI=1S/C16H22N2O2/c1-17-10-15-7-8-16(20-15)12-18(2)11-13-5-4-6-14(9-13)19-3/h4-9,17H,10-12H2,1-3H3. The Balaban J connectivity index is 1.92. The van der Waals surface area contributed by atoms with Crippen LogP contribution in [0.15, 0.2) is 40.8 Å². The predicted octanol–water partition coefficient (Wildman–Crippen LogP) is 2.64. The van der Waals surface area contributed by atoms with Crippen LogP contribution < -0.4 is 10.1 Å². The minimum atomic E-state index is 0.763. The molecule has 1 heterocycles. The van der Waals surface area contributed by atoms with E-state index >= 15 is 0 Å². The molecule has 0 fully saturated rings. The fraction of sp³-hybridized carbons (Fsp3) is 0.375. The summed E-state index contributed by atoms with van der Waals surface area (Å²) < 4.78 is 11.0. The van der Waals surface area contributed by atoms with Crippen LogP contribution in [0.3, 0.4) is 0 Å². The first-order chi connectivity index (χ1) is 9.71. The maximum atomic E-state index is 5.75. The van der Waals surface area contributed by atoms with Crippen molar-refractivity contribution in [2.75, 3.05) is 21.2 Å². The van der Waals surface area contributed by atoms with Crippen LogP contribution in [0.25, 0.3) is 0 Å². The van der Waals surface area contributed by atoms with Crippen LogP contribution in [0, 0.1) is 0 Å². The molecule has 2 aromatic rings. The lowest BCUT2D eigenvalue weighted by Gasteiger charge is -2.15. The van der Waals surface area contributed by atoms with Gasteiger partial charge >= 0.3 is 0 Å². The van der Waals surface area contributed by atoms with Gasteiger partial charge in [0.1, 0.15) is 17.3 Å². The zero-order valence-corrected chi connectivity index (χ0v) is 12.3. The molecule has 0 atom stereocenters. The van der Waals surface area contributed by atoms with Gasteiger partial charge in [-0.3, -0.25) is 4.90 Å². The van der Waals surface area contributed by atoms with Crippen molar-refractivity contribution in [3.05, 3.63) is 53.5 Å². The fourth-order valence-electron chi connectivity index (χ4n) is 2.18. The Morgan fingerprint density at radius 1 is 1.15 bits per heavy atom. The first-order valence-electron chi connectivity index (χ1n) is 6.75. The number of rotatable bonds is 7. The topological polar surface area (TPSA) is 37.6 Å². The quantitative estimate of drug-likeness (QED) is 0.842. The normalized spacial score (nSPS) is 11.0. The zero-order valence-electron chi connectivity index (χ0n) is 12.3. The van der Waals surface area contributed by atoms with E-state index < -0.39 is 0 Å². The van der Waals surface area contributed by atoms with Crippen LogP contribution in [-0.2, 0) is 19.6 Å². The third-order valence-corrected chi connectivity index (χ3v) is 3.08. The molecule has 20 heavy (non-hydrogen) atoms. The second-order valence-electron chi connectivity index (χ2n) is 4.92. The van der Waals surface area contributed by atoms with Gasteiger partial charge in [-0.05, 0) is 43.9 Å². The average molecular weight is 274 g/mol. The number of ether oxygens (including phenoxy) is 1. The Labute approximate surface area is 120 Å². The molecule has 1 aromatic heterocycles. The number of methoxy groups -OCH3 is 1. The van der Waals surface area contributed by atoms with E-state index in [-0.39, 0.29) is 0 Å². The summed E-state index contributed by atoms with van der Waals surface area (Å²) in [5, 5.41) is 3.08. The number of hydrogen-bond donors (Lipinski definition) is 1. The average Bonchev–Trinajstić information content (AvgIpc) is 2.86. The van der Waals surface area contributed by atoms with Gasteiger partial charge in [0.2, 0.25) is 0 Å². The lowest BCUT2D eigenvalue weighted by atomic mass is 10.2. The summed E-state index contributed by atoms with van der Waals surface area (Å²) in [5.74, 6) is 2.85. The highest BCUT2D eigenvalue weighted by molar-refractivity contribution is 5.28. The molecule has 0 aliphatic heterocycles. The summed E-state index contributed by atoms with van der Waals surface area (Å²) in [4.78, 5) is 2.22. The van der Waals surface area contributed by atoms with E-state index in [4.69, 9.17) is 9.15 Å². The van der Waals surface area contributed by atoms with E-state index in [1.54, 1.807) is 7.11 Å². The molecule has 0 saturated heterocycles. The molecule has 1 aromatic carbocycles. The van der Waals surface area contributed by atoms with Crippen LogP contribution in [0.4, 0.5) is 0 Å². The summed E-state index contributed by atoms with van der Waals surface area (Å²) in [6.45, 7) is 2.42. The third kappa shape index (κ3) is 4.11. The van der Waals surface area contributed by atoms with Gasteiger partial charge in [0, 0.05) is 6.54 Å². The van der Waals surface area contributed by atoms with Gasteiger partial charge in [-0.1, -0.05) is 12.1 Å². The maximum absolute atomic E-state index is 5.75. The van der Waals surface area contributed by atoms with E-state index in [0.29, 0.717) is 0 Å². The summed E-state index contributed by atoms with van der Waals surface area (Å²) >= 11 is 0. The van der Waals surface area contributed by atoms with Crippen LogP contribution >= 0.6 is 0 Å². The van der Waals surface area contributed by atoms with Crippen molar-refractivity contribution in [2.24, 2.45) is 0 Å². The molecular weight excluding hydrogens is 252 g/mol. The largest absolute Gasteiger partial charge is 0.497 e. The van der Waals surface area contributed by atoms with Crippen molar-refractivity contribution in [2.45, 2.75) is 19.6 Å². The molecule has 0 aliphatic carbocycles. The number of furan rings is 1. The van der Waals surface area contributed by atoms with E-state index in [0.717, 1.165) is 36.9 Å². The fourth-order valence-corrected chi connectivity index (χ4v) is 2.18. The second-order valence-corrected chi connectivity index (χ2v) is 4.92. The predicted molar refractivity (Wildman–Crippen MR) is 79.6 cm³/mol. The van der Waals surface area contributed by atoms with Gasteiger partial charge in [0.05, 0.1) is 20.2 Å². The number of nitrogens with zero attached hydrogens (tertiary/aromatic N) is 1. The molecule has 2 rings (SSSR count). The number of hydrogen-bond acceptors (Lipinski definition) is 4. The van der Waals surface area contributed by atoms with Gasteiger partial charge in [-0.15, -0.1) is 0 Å². The Hall–Kier alpha value is -1.78. The van der Waals surface area contributed by atoms with Gasteiger partial charge in [-0.2, -0.15) is 0 Å². The summed E-state index contributed by atoms with van der Waals surface area (Å²) in [6, 6.07) is 12.2. The van der Waals surface area contributed by atoms with E-state index in [1.807, 2.05) is 31.3 Å². The highest BCUT2D eigenvalue weighted by Gasteiger charge is 2.06. The van der Waals surface area contributed by atoms with Crippen LogP contribution in [-0.4, -0.2) is 26.1 Å². The van der Waals surface area contributed by atoms with Crippen molar-refractivity contribution < 1.29 is 9.15 Å². The van der Waals surface area contributed by atoms with Crippen LogP contribution in [0.5, 0.6) is 5.75 Å². The number of benzene rings is 1. The summed E-state index contributed by atoms with van der Waals surface area (Å²) in [5.41, 5.74) is 1.23. The van der Waals surface area contributed by atoms with Crippen molar-refractivity contribution in [1.82, 2.24) is 10.2 Å². The molecule has 0 radical (unpaired) electrons. The maximum Gasteiger partial charge on any atom is 0.119 e. The summed E-state index contributed by atoms with van der Waals surface area (Å²) in [6.07, 6.45) is 0. The molecule has 0 bridgehead atoms. The highest BCUT2D eigenvalue weighted by Crippen LogP contribution is 2.16. The Kier molecular flexibility index (Phi) is 5.21. The number of nitrogens with one attached hydrogen (secondary N) is 1. The molecular formula is C16H22N2O2. The molecule has 0 saturated carbocycles. The molecule has 0 aliphatic rings. The molecule has 108 valence electrons. The van der Waals surface area contributed by atoms with E-state index in [1.165, 1.54) is 5.56 Å². The van der Waals surface area contributed by atoms with E-state index in [9.17, 15) is 0 Å². The summed E-state index contributed by atoms with van der Waals surface area (Å²) in [7, 11) is 5.69. The van der Waals surface area contributed by atoms with Gasteiger partial charge in [0.15, 0.2) is 0 Å². The first-order valence-corrected chi connectivity index (χ1v) is 6.75. The van der Waals surface area contributed by atoms with Gasteiger partial charge in [-0.25, -0.2) is 0 Å². The smallest absolute Gasteiger partial charge is 0.119 e. The molecule has 0 amide bonds. The first kappa shape index (κ1) is 14.6. The monoisotopic (exact) mass is 274 g/mol. The minimum absolute atomic E-state index is 0.763. The van der Waals surface area contributed by atoms with E-state index in [2.05, 4.69) is 29.4 Å². The molecule has 4 heteroatoms. The van der Waals surface area contributed by atoms with Gasteiger partial charge in [0.25, 0.3) is 0 Å². The van der Waals surface area contributed by atoms with Crippen molar-refractivity contribution in [1.29, 1.82) is 0 Å². The minimum Gasteiger partial charge on any atom is -0.497 e. The van der Waals surface area contributed by atoms with Crippen LogP contribution in [0.2, 0.25) is 0 Å². The highest BCUT2D eigenvalue weighted by atomic mass is 16.5. The Bertz CT molecular complexity index is 537.